The van der Waals surface area contributed by atoms with Crippen molar-refractivity contribution in [1.29, 1.82) is 0 Å². The highest BCUT2D eigenvalue weighted by Crippen LogP contribution is 2.18. The van der Waals surface area contributed by atoms with Crippen molar-refractivity contribution in [2.75, 3.05) is 18.4 Å². The third-order valence-corrected chi connectivity index (χ3v) is 3.91. The Morgan fingerprint density at radius 1 is 1.36 bits per heavy atom. The maximum absolute atomic E-state index is 11.7. The molecule has 0 aromatic heterocycles. The normalized spacial score (nSPS) is 17.4. The van der Waals surface area contributed by atoms with Crippen LogP contribution in [-0.4, -0.2) is 35.8 Å². The molecular formula is C17H25N3O2. The summed E-state index contributed by atoms with van der Waals surface area (Å²) >= 11 is 0. The van der Waals surface area contributed by atoms with Crippen molar-refractivity contribution >= 4 is 17.5 Å². The molecule has 2 amide bonds. The summed E-state index contributed by atoms with van der Waals surface area (Å²) < 4.78 is 0. The summed E-state index contributed by atoms with van der Waals surface area (Å²) in [5.74, 6) is 0.188. The van der Waals surface area contributed by atoms with Gasteiger partial charge in [0.1, 0.15) is 0 Å². The second kappa shape index (κ2) is 7.40. The van der Waals surface area contributed by atoms with Gasteiger partial charge in [-0.25, -0.2) is 0 Å². The molecule has 120 valence electrons. The van der Waals surface area contributed by atoms with Crippen LogP contribution in [0.15, 0.2) is 24.3 Å². The van der Waals surface area contributed by atoms with Crippen molar-refractivity contribution < 1.29 is 9.59 Å². The molecule has 1 aromatic rings. The number of anilines is 1. The number of benzene rings is 1. The lowest BCUT2D eigenvalue weighted by Crippen LogP contribution is -2.40. The molecule has 0 saturated carbocycles. The van der Waals surface area contributed by atoms with E-state index in [0.29, 0.717) is 6.42 Å². The minimum Gasteiger partial charge on any atom is -0.341 e. The van der Waals surface area contributed by atoms with E-state index >= 15 is 0 Å². The number of carbonyl (C=O) groups excluding carboxylic acids is 2. The Kier molecular flexibility index (Phi) is 5.55. The van der Waals surface area contributed by atoms with Crippen LogP contribution in [0.5, 0.6) is 0 Å². The molecule has 1 aromatic carbocycles. The molecule has 0 aliphatic carbocycles. The van der Waals surface area contributed by atoms with Crippen molar-refractivity contribution in [3.05, 3.63) is 29.8 Å². The monoisotopic (exact) mass is 303 g/mol. The van der Waals surface area contributed by atoms with E-state index in [1.165, 1.54) is 6.92 Å². The number of carbonyl (C=O) groups is 2. The first kappa shape index (κ1) is 16.5. The molecule has 0 spiro atoms. The number of nitrogens with one attached hydrogen (secondary N) is 2. The van der Waals surface area contributed by atoms with E-state index < -0.39 is 0 Å². The quantitative estimate of drug-likeness (QED) is 0.848. The Balaban J connectivity index is 1.91. The largest absolute Gasteiger partial charge is 0.341 e. The highest BCUT2D eigenvalue weighted by atomic mass is 16.2. The maximum Gasteiger partial charge on any atom is 0.222 e. The molecule has 1 fully saturated rings. The van der Waals surface area contributed by atoms with Gasteiger partial charge in [-0.2, -0.15) is 0 Å². The lowest BCUT2D eigenvalue weighted by molar-refractivity contribution is -0.128. The summed E-state index contributed by atoms with van der Waals surface area (Å²) in [6.45, 7) is 7.31. The molecular weight excluding hydrogens is 278 g/mol. The van der Waals surface area contributed by atoms with Crippen LogP contribution in [0.4, 0.5) is 5.69 Å². The van der Waals surface area contributed by atoms with Crippen LogP contribution in [0.1, 0.15) is 45.2 Å². The van der Waals surface area contributed by atoms with Gasteiger partial charge in [0, 0.05) is 44.2 Å². The predicted octanol–water partition coefficient (Wildman–Crippen LogP) is 2.31. The van der Waals surface area contributed by atoms with Gasteiger partial charge in [-0.3, -0.25) is 9.59 Å². The zero-order valence-corrected chi connectivity index (χ0v) is 13.6. The van der Waals surface area contributed by atoms with Crippen LogP contribution in [0.25, 0.3) is 0 Å². The van der Waals surface area contributed by atoms with Crippen LogP contribution in [-0.2, 0) is 9.59 Å². The summed E-state index contributed by atoms with van der Waals surface area (Å²) in [7, 11) is 0. The lowest BCUT2D eigenvalue weighted by Gasteiger charge is -2.25. The standard InChI is InChI=1S/C17H25N3O2/c1-12(11-20-9-5-8-17(20)22)18-13(2)15-6-4-7-16(10-15)19-14(3)21/h4,6-7,10,12-13,18H,5,8-9,11H2,1-3H3,(H,19,21). The van der Waals surface area contributed by atoms with Crippen LogP contribution in [0, 0.1) is 0 Å². The molecule has 1 heterocycles. The minimum absolute atomic E-state index is 0.0707. The van der Waals surface area contributed by atoms with Gasteiger partial charge in [0.15, 0.2) is 0 Å². The second-order valence-corrected chi connectivity index (χ2v) is 6.04. The van der Waals surface area contributed by atoms with E-state index in [1.807, 2.05) is 29.2 Å². The summed E-state index contributed by atoms with van der Waals surface area (Å²) in [6, 6.07) is 8.21. The first-order valence-electron chi connectivity index (χ1n) is 7.87. The number of amides is 2. The smallest absolute Gasteiger partial charge is 0.222 e. The fraction of sp³-hybridized carbons (Fsp3) is 0.529. The fourth-order valence-electron chi connectivity index (χ4n) is 2.89. The molecule has 1 aliphatic heterocycles. The van der Waals surface area contributed by atoms with Gasteiger partial charge in [0.2, 0.25) is 11.8 Å². The Morgan fingerprint density at radius 2 is 2.14 bits per heavy atom. The number of nitrogens with zero attached hydrogens (tertiary/aromatic N) is 1. The zero-order chi connectivity index (χ0) is 16.1. The van der Waals surface area contributed by atoms with E-state index in [0.717, 1.165) is 30.8 Å². The number of hydrogen-bond donors (Lipinski definition) is 2. The van der Waals surface area contributed by atoms with Crippen molar-refractivity contribution in [2.24, 2.45) is 0 Å². The van der Waals surface area contributed by atoms with Gasteiger partial charge >= 0.3 is 0 Å². The van der Waals surface area contributed by atoms with E-state index in [1.54, 1.807) is 0 Å². The van der Waals surface area contributed by atoms with Crippen molar-refractivity contribution in [3.8, 4) is 0 Å². The van der Waals surface area contributed by atoms with E-state index in [2.05, 4.69) is 24.5 Å². The Hall–Kier alpha value is -1.88. The van der Waals surface area contributed by atoms with Crippen LogP contribution in [0.3, 0.4) is 0 Å². The van der Waals surface area contributed by atoms with Gasteiger partial charge < -0.3 is 15.5 Å². The topological polar surface area (TPSA) is 61.4 Å². The van der Waals surface area contributed by atoms with Crippen LogP contribution >= 0.6 is 0 Å². The Bertz CT molecular complexity index is 544. The number of likely N-dealkylation sites (tertiary alicyclic amines) is 1. The van der Waals surface area contributed by atoms with Crippen LogP contribution in [0.2, 0.25) is 0 Å². The molecule has 22 heavy (non-hydrogen) atoms. The number of rotatable bonds is 6. The SMILES string of the molecule is CC(=O)Nc1cccc(C(C)NC(C)CN2CCCC2=O)c1. The zero-order valence-electron chi connectivity index (χ0n) is 13.6. The average molecular weight is 303 g/mol. The van der Waals surface area contributed by atoms with Crippen molar-refractivity contribution in [2.45, 2.75) is 45.7 Å². The molecule has 2 unspecified atom stereocenters. The van der Waals surface area contributed by atoms with Crippen LogP contribution < -0.4 is 10.6 Å². The van der Waals surface area contributed by atoms with E-state index in [4.69, 9.17) is 0 Å². The average Bonchev–Trinajstić information content (AvgIpc) is 2.83. The van der Waals surface area contributed by atoms with E-state index in [9.17, 15) is 9.59 Å². The minimum atomic E-state index is -0.0707. The summed E-state index contributed by atoms with van der Waals surface area (Å²) in [5.41, 5.74) is 1.92. The first-order chi connectivity index (χ1) is 10.5. The third-order valence-electron chi connectivity index (χ3n) is 3.91. The summed E-state index contributed by atoms with van der Waals surface area (Å²) in [5, 5.41) is 6.32. The Labute approximate surface area is 132 Å². The molecule has 0 bridgehead atoms. The maximum atomic E-state index is 11.7. The molecule has 2 atom stereocenters. The van der Waals surface area contributed by atoms with Gasteiger partial charge in [0.25, 0.3) is 0 Å². The van der Waals surface area contributed by atoms with Gasteiger partial charge in [0.05, 0.1) is 0 Å². The predicted molar refractivity (Wildman–Crippen MR) is 87.6 cm³/mol. The Morgan fingerprint density at radius 3 is 2.77 bits per heavy atom. The van der Waals surface area contributed by atoms with Crippen molar-refractivity contribution in [3.63, 3.8) is 0 Å². The van der Waals surface area contributed by atoms with Crippen molar-refractivity contribution in [1.82, 2.24) is 10.2 Å². The summed E-state index contributed by atoms with van der Waals surface area (Å²) in [6.07, 6.45) is 1.65. The molecule has 2 rings (SSSR count). The highest BCUT2D eigenvalue weighted by Gasteiger charge is 2.22. The second-order valence-electron chi connectivity index (χ2n) is 6.04. The molecule has 1 aliphatic rings. The third kappa shape index (κ3) is 4.56. The number of hydrogen-bond acceptors (Lipinski definition) is 3. The summed E-state index contributed by atoms with van der Waals surface area (Å²) in [4.78, 5) is 24.7. The van der Waals surface area contributed by atoms with Gasteiger partial charge in [-0.15, -0.1) is 0 Å². The molecule has 5 heteroatoms. The van der Waals surface area contributed by atoms with Gasteiger partial charge in [-0.1, -0.05) is 12.1 Å². The highest BCUT2D eigenvalue weighted by molar-refractivity contribution is 5.88. The van der Waals surface area contributed by atoms with E-state index in [-0.39, 0.29) is 23.9 Å². The molecule has 1 saturated heterocycles. The molecule has 2 N–H and O–H groups in total. The first-order valence-corrected chi connectivity index (χ1v) is 7.87. The fourth-order valence-corrected chi connectivity index (χ4v) is 2.89. The molecule has 0 radical (unpaired) electrons. The molecule has 5 nitrogen and oxygen atoms in total. The van der Waals surface area contributed by atoms with Gasteiger partial charge in [-0.05, 0) is 38.0 Å². The lowest BCUT2D eigenvalue weighted by atomic mass is 10.1.